The van der Waals surface area contributed by atoms with Crippen molar-refractivity contribution in [2.45, 2.75) is 50.7 Å². The molecular formula is C15H20BrNO2. The van der Waals surface area contributed by atoms with E-state index in [0.717, 1.165) is 10.0 Å². The molecule has 1 fully saturated rings. The lowest BCUT2D eigenvalue weighted by Gasteiger charge is -2.45. The van der Waals surface area contributed by atoms with E-state index in [9.17, 15) is 4.79 Å². The van der Waals surface area contributed by atoms with E-state index in [1.54, 1.807) is 0 Å². The third kappa shape index (κ3) is 3.00. The Morgan fingerprint density at radius 1 is 1.32 bits per heavy atom. The van der Waals surface area contributed by atoms with E-state index in [1.807, 2.05) is 45.0 Å². The molecular weight excluding hydrogens is 306 g/mol. The molecule has 0 bridgehead atoms. The molecule has 0 amide bonds. The quantitative estimate of drug-likeness (QED) is 0.850. The molecule has 1 saturated carbocycles. The van der Waals surface area contributed by atoms with Crippen molar-refractivity contribution in [2.75, 3.05) is 0 Å². The summed E-state index contributed by atoms with van der Waals surface area (Å²) in [4.78, 5) is 12.5. The van der Waals surface area contributed by atoms with Gasteiger partial charge in [-0.3, -0.25) is 4.79 Å². The van der Waals surface area contributed by atoms with Gasteiger partial charge in [-0.2, -0.15) is 0 Å². The van der Waals surface area contributed by atoms with Crippen molar-refractivity contribution in [1.29, 1.82) is 0 Å². The topological polar surface area (TPSA) is 52.3 Å². The van der Waals surface area contributed by atoms with Crippen LogP contribution in [0.1, 0.15) is 39.2 Å². The molecule has 0 heterocycles. The molecule has 2 N–H and O–H groups in total. The number of hydrogen-bond acceptors (Lipinski definition) is 3. The van der Waals surface area contributed by atoms with Crippen LogP contribution in [0, 0.1) is 0 Å². The minimum absolute atomic E-state index is 0.0798. The van der Waals surface area contributed by atoms with Crippen molar-refractivity contribution in [1.82, 2.24) is 0 Å². The molecule has 1 aliphatic carbocycles. The molecule has 3 nitrogen and oxygen atoms in total. The standard InChI is InChI=1S/C15H20BrNO2/c1-14(2,3)19-13(18)15(8-12(17)9-15)10-4-6-11(16)7-5-10/h4-7,12H,8-9,17H2,1-3H3. The molecule has 0 aliphatic heterocycles. The molecule has 0 aromatic heterocycles. The molecule has 0 saturated heterocycles. The Morgan fingerprint density at radius 2 is 1.84 bits per heavy atom. The number of esters is 1. The molecule has 0 spiro atoms. The van der Waals surface area contributed by atoms with Gasteiger partial charge in [0.1, 0.15) is 5.60 Å². The number of hydrogen-bond donors (Lipinski definition) is 1. The first kappa shape index (κ1) is 14.5. The van der Waals surface area contributed by atoms with Crippen LogP contribution in [0.4, 0.5) is 0 Å². The first-order chi connectivity index (χ1) is 8.73. The number of rotatable bonds is 2. The highest BCUT2D eigenvalue weighted by molar-refractivity contribution is 9.10. The molecule has 0 unspecified atom stereocenters. The summed E-state index contributed by atoms with van der Waals surface area (Å²) in [7, 11) is 0. The van der Waals surface area contributed by atoms with E-state index < -0.39 is 11.0 Å². The van der Waals surface area contributed by atoms with Crippen LogP contribution in [0.5, 0.6) is 0 Å². The zero-order valence-electron chi connectivity index (χ0n) is 11.6. The summed E-state index contributed by atoms with van der Waals surface area (Å²) in [6.07, 6.45) is 1.31. The van der Waals surface area contributed by atoms with Crippen LogP contribution in [-0.4, -0.2) is 17.6 Å². The summed E-state index contributed by atoms with van der Waals surface area (Å²) < 4.78 is 6.57. The van der Waals surface area contributed by atoms with Crippen LogP contribution in [0.15, 0.2) is 28.7 Å². The number of carbonyl (C=O) groups excluding carboxylic acids is 1. The van der Waals surface area contributed by atoms with E-state index >= 15 is 0 Å². The monoisotopic (exact) mass is 325 g/mol. The van der Waals surface area contributed by atoms with Gasteiger partial charge in [0.15, 0.2) is 0 Å². The maximum Gasteiger partial charge on any atom is 0.317 e. The van der Waals surface area contributed by atoms with Gasteiger partial charge in [0, 0.05) is 10.5 Å². The molecule has 4 heteroatoms. The van der Waals surface area contributed by atoms with Crippen molar-refractivity contribution in [3.8, 4) is 0 Å². The van der Waals surface area contributed by atoms with Crippen molar-refractivity contribution >= 4 is 21.9 Å². The summed E-state index contributed by atoms with van der Waals surface area (Å²) in [5.74, 6) is -0.163. The summed E-state index contributed by atoms with van der Waals surface area (Å²) in [5.41, 5.74) is 5.86. The highest BCUT2D eigenvalue weighted by Crippen LogP contribution is 2.45. The number of halogens is 1. The lowest BCUT2D eigenvalue weighted by molar-refractivity contribution is -0.166. The van der Waals surface area contributed by atoms with Crippen molar-refractivity contribution in [2.24, 2.45) is 5.73 Å². The Kier molecular flexibility index (Phi) is 3.76. The summed E-state index contributed by atoms with van der Waals surface area (Å²) in [5, 5.41) is 0. The average molecular weight is 326 g/mol. The lowest BCUT2D eigenvalue weighted by Crippen LogP contribution is -2.55. The minimum atomic E-state index is -0.562. The van der Waals surface area contributed by atoms with E-state index in [4.69, 9.17) is 10.5 Å². The SMILES string of the molecule is CC(C)(C)OC(=O)C1(c2ccc(Br)cc2)CC(N)C1. The van der Waals surface area contributed by atoms with Crippen molar-refractivity contribution in [3.63, 3.8) is 0 Å². The zero-order chi connectivity index (χ0) is 14.3. The third-order valence-corrected chi connectivity index (χ3v) is 3.94. The van der Waals surface area contributed by atoms with Gasteiger partial charge in [-0.15, -0.1) is 0 Å². The molecule has 0 radical (unpaired) electrons. The number of benzene rings is 1. The molecule has 104 valence electrons. The number of carbonyl (C=O) groups is 1. The Labute approximate surface area is 122 Å². The van der Waals surface area contributed by atoms with Crippen LogP contribution >= 0.6 is 15.9 Å². The number of ether oxygens (including phenoxy) is 1. The molecule has 1 aromatic carbocycles. The lowest BCUT2D eigenvalue weighted by atomic mass is 9.62. The predicted octanol–water partition coefficient (Wildman–Crippen LogP) is 3.15. The second kappa shape index (κ2) is 4.91. The zero-order valence-corrected chi connectivity index (χ0v) is 13.2. The van der Waals surface area contributed by atoms with Crippen LogP contribution in [-0.2, 0) is 14.9 Å². The maximum atomic E-state index is 12.5. The van der Waals surface area contributed by atoms with Gasteiger partial charge in [-0.05, 0) is 51.3 Å². The fourth-order valence-corrected chi connectivity index (χ4v) is 2.76. The maximum absolute atomic E-state index is 12.5. The first-order valence-corrected chi connectivity index (χ1v) is 7.27. The van der Waals surface area contributed by atoms with Gasteiger partial charge >= 0.3 is 5.97 Å². The second-order valence-corrected chi connectivity index (χ2v) is 7.17. The van der Waals surface area contributed by atoms with Gasteiger partial charge < -0.3 is 10.5 Å². The minimum Gasteiger partial charge on any atom is -0.459 e. The second-order valence-electron chi connectivity index (χ2n) is 6.26. The first-order valence-electron chi connectivity index (χ1n) is 6.48. The van der Waals surface area contributed by atoms with Crippen LogP contribution in [0.2, 0.25) is 0 Å². The highest BCUT2D eigenvalue weighted by atomic mass is 79.9. The van der Waals surface area contributed by atoms with E-state index in [1.165, 1.54) is 0 Å². The third-order valence-electron chi connectivity index (χ3n) is 3.41. The molecule has 2 rings (SSSR count). The fourth-order valence-electron chi connectivity index (χ4n) is 2.50. The van der Waals surface area contributed by atoms with Gasteiger partial charge in [-0.1, -0.05) is 28.1 Å². The fraction of sp³-hybridized carbons (Fsp3) is 0.533. The normalized spacial score (nSPS) is 26.7. The smallest absolute Gasteiger partial charge is 0.317 e. The van der Waals surface area contributed by atoms with Crippen LogP contribution < -0.4 is 5.73 Å². The van der Waals surface area contributed by atoms with E-state index in [0.29, 0.717) is 12.8 Å². The highest BCUT2D eigenvalue weighted by Gasteiger charge is 2.52. The van der Waals surface area contributed by atoms with E-state index in [-0.39, 0.29) is 12.0 Å². The Hall–Kier alpha value is -0.870. The predicted molar refractivity (Wildman–Crippen MR) is 78.9 cm³/mol. The average Bonchev–Trinajstić information content (AvgIpc) is 2.23. The van der Waals surface area contributed by atoms with Crippen LogP contribution in [0.3, 0.4) is 0 Å². The van der Waals surface area contributed by atoms with Crippen molar-refractivity contribution in [3.05, 3.63) is 34.3 Å². The Balaban J connectivity index is 2.28. The van der Waals surface area contributed by atoms with Crippen molar-refractivity contribution < 1.29 is 9.53 Å². The van der Waals surface area contributed by atoms with Gasteiger partial charge in [0.05, 0.1) is 5.41 Å². The van der Waals surface area contributed by atoms with Crippen LogP contribution in [0.25, 0.3) is 0 Å². The summed E-state index contributed by atoms with van der Waals surface area (Å²) in [6.45, 7) is 5.66. The Morgan fingerprint density at radius 3 is 2.26 bits per heavy atom. The molecule has 1 aromatic rings. The molecule has 19 heavy (non-hydrogen) atoms. The summed E-state index contributed by atoms with van der Waals surface area (Å²) >= 11 is 3.41. The largest absolute Gasteiger partial charge is 0.459 e. The van der Waals surface area contributed by atoms with Gasteiger partial charge in [-0.25, -0.2) is 0 Å². The molecule has 1 aliphatic rings. The van der Waals surface area contributed by atoms with E-state index in [2.05, 4.69) is 15.9 Å². The summed E-state index contributed by atoms with van der Waals surface area (Å²) in [6, 6.07) is 7.92. The molecule has 0 atom stereocenters. The number of nitrogens with two attached hydrogens (primary N) is 1. The van der Waals surface area contributed by atoms with Gasteiger partial charge in [0.25, 0.3) is 0 Å². The van der Waals surface area contributed by atoms with Gasteiger partial charge in [0.2, 0.25) is 0 Å². The Bertz CT molecular complexity index is 470.